The number of ether oxygens (including phenoxy) is 1. The van der Waals surface area contributed by atoms with Gasteiger partial charge in [-0.2, -0.15) is 0 Å². The minimum absolute atomic E-state index is 0.0273. The number of rotatable bonds is 10. The molecule has 0 spiro atoms. The molecule has 0 amide bonds. The van der Waals surface area contributed by atoms with Crippen LogP contribution in [-0.4, -0.2) is 35.5 Å². The molecule has 0 saturated heterocycles. The summed E-state index contributed by atoms with van der Waals surface area (Å²) in [6.07, 6.45) is 0.104. The Morgan fingerprint density at radius 2 is 1.74 bits per heavy atom. The average Bonchev–Trinajstić information content (AvgIpc) is 2.78. The van der Waals surface area contributed by atoms with E-state index < -0.39 is 6.10 Å². The van der Waals surface area contributed by atoms with E-state index in [1.807, 2.05) is 30.3 Å². The summed E-state index contributed by atoms with van der Waals surface area (Å²) in [5, 5.41) is 36.3. The normalized spacial score (nSPS) is 11.9. The van der Waals surface area contributed by atoms with Crippen molar-refractivity contribution >= 4 is 23.0 Å². The molecule has 1 atom stereocenters. The van der Waals surface area contributed by atoms with Crippen molar-refractivity contribution in [2.75, 3.05) is 25.5 Å². The Balaban J connectivity index is 1.45. The summed E-state index contributed by atoms with van der Waals surface area (Å²) in [4.78, 5) is 0. The molecule has 0 radical (unpaired) electrons. The molecule has 1 unspecified atom stereocenters. The molecule has 7 heteroatoms. The van der Waals surface area contributed by atoms with Gasteiger partial charge in [-0.15, -0.1) is 0 Å². The van der Waals surface area contributed by atoms with E-state index in [2.05, 4.69) is 22.8 Å². The van der Waals surface area contributed by atoms with Crippen LogP contribution >= 0.6 is 11.6 Å². The Morgan fingerprint density at radius 3 is 2.42 bits per heavy atom. The smallest absolute Gasteiger partial charge is 0.137 e. The van der Waals surface area contributed by atoms with Crippen LogP contribution < -0.4 is 15.4 Å². The number of aliphatic hydroxyl groups is 2. The van der Waals surface area contributed by atoms with Crippen molar-refractivity contribution in [3.05, 3.63) is 82.4 Å². The third-order valence-electron chi connectivity index (χ3n) is 4.98. The summed E-state index contributed by atoms with van der Waals surface area (Å²) >= 11 is 6.16. The zero-order valence-electron chi connectivity index (χ0n) is 17.3. The van der Waals surface area contributed by atoms with Gasteiger partial charge in [-0.25, -0.2) is 0 Å². The first-order chi connectivity index (χ1) is 15.0. The van der Waals surface area contributed by atoms with Gasteiger partial charge in [-0.3, -0.25) is 0 Å². The van der Waals surface area contributed by atoms with Gasteiger partial charge in [0.1, 0.15) is 11.5 Å². The maximum absolute atomic E-state index is 10.3. The summed E-state index contributed by atoms with van der Waals surface area (Å²) in [6, 6.07) is 18.4. The standard InChI is InChI=1S/C24H27ClN2O4/c1-31-24-9-7-20(13-21(24)25)27-19-5-2-16(3-6-19)10-11-26-14-23(30)17-4-8-22(29)18(12-17)15-28/h2-9,12-13,23,26-30H,10-11,14-15H2,1H3. The number of methoxy groups -OCH3 is 1. The molecule has 3 rings (SSSR count). The highest BCUT2D eigenvalue weighted by atomic mass is 35.5. The molecule has 6 nitrogen and oxygen atoms in total. The van der Waals surface area contributed by atoms with Crippen LogP contribution in [0.5, 0.6) is 11.5 Å². The molecular weight excluding hydrogens is 416 g/mol. The topological polar surface area (TPSA) is 94.0 Å². The van der Waals surface area contributed by atoms with Crippen molar-refractivity contribution in [2.45, 2.75) is 19.1 Å². The molecule has 0 aliphatic carbocycles. The second-order valence-electron chi connectivity index (χ2n) is 7.19. The van der Waals surface area contributed by atoms with E-state index >= 15 is 0 Å². The number of phenols is 1. The molecule has 0 aromatic heterocycles. The lowest BCUT2D eigenvalue weighted by Crippen LogP contribution is -2.23. The number of hydrogen-bond acceptors (Lipinski definition) is 6. The fourth-order valence-electron chi connectivity index (χ4n) is 3.19. The predicted octanol–water partition coefficient (Wildman–Crippen LogP) is 4.16. The van der Waals surface area contributed by atoms with Crippen molar-refractivity contribution in [1.82, 2.24) is 5.32 Å². The SMILES string of the molecule is COc1ccc(Nc2ccc(CCNCC(O)c3ccc(O)c(CO)c3)cc2)cc1Cl. The Bertz CT molecular complexity index is 995. The average molecular weight is 443 g/mol. The van der Waals surface area contributed by atoms with Crippen molar-refractivity contribution in [1.29, 1.82) is 0 Å². The van der Waals surface area contributed by atoms with E-state index in [4.69, 9.17) is 16.3 Å². The monoisotopic (exact) mass is 442 g/mol. The Hall–Kier alpha value is -2.77. The Labute approximate surface area is 187 Å². The number of hydrogen-bond donors (Lipinski definition) is 5. The van der Waals surface area contributed by atoms with Crippen LogP contribution in [0.15, 0.2) is 60.7 Å². The third-order valence-corrected chi connectivity index (χ3v) is 5.28. The van der Waals surface area contributed by atoms with Crippen LogP contribution in [0.2, 0.25) is 5.02 Å². The fourth-order valence-corrected chi connectivity index (χ4v) is 3.45. The van der Waals surface area contributed by atoms with Crippen molar-refractivity contribution in [3.63, 3.8) is 0 Å². The van der Waals surface area contributed by atoms with Crippen LogP contribution in [-0.2, 0) is 13.0 Å². The van der Waals surface area contributed by atoms with Crippen LogP contribution in [0.25, 0.3) is 0 Å². The molecule has 0 heterocycles. The summed E-state index contributed by atoms with van der Waals surface area (Å²) in [7, 11) is 1.59. The first-order valence-corrected chi connectivity index (χ1v) is 10.4. The maximum Gasteiger partial charge on any atom is 0.137 e. The second-order valence-corrected chi connectivity index (χ2v) is 7.59. The molecule has 0 bridgehead atoms. The minimum atomic E-state index is -0.714. The van der Waals surface area contributed by atoms with Crippen LogP contribution in [0.1, 0.15) is 22.8 Å². The summed E-state index contributed by atoms with van der Waals surface area (Å²) in [5.74, 6) is 0.666. The van der Waals surface area contributed by atoms with E-state index in [1.165, 1.54) is 11.6 Å². The fraction of sp³-hybridized carbons (Fsp3) is 0.250. The lowest BCUT2D eigenvalue weighted by Gasteiger charge is -2.14. The summed E-state index contributed by atoms with van der Waals surface area (Å²) in [6.45, 7) is 0.826. The first kappa shape index (κ1) is 22.9. The van der Waals surface area contributed by atoms with Crippen LogP contribution in [0.3, 0.4) is 0 Å². The number of halogens is 1. The zero-order valence-corrected chi connectivity index (χ0v) is 18.1. The van der Waals surface area contributed by atoms with E-state index in [0.717, 1.165) is 17.8 Å². The highest BCUT2D eigenvalue weighted by Gasteiger charge is 2.10. The number of nitrogens with one attached hydrogen (secondary N) is 2. The van der Waals surface area contributed by atoms with Crippen molar-refractivity contribution in [3.8, 4) is 11.5 Å². The van der Waals surface area contributed by atoms with E-state index in [1.54, 1.807) is 19.2 Å². The van der Waals surface area contributed by atoms with Gasteiger partial charge in [0.15, 0.2) is 0 Å². The summed E-state index contributed by atoms with van der Waals surface area (Å²) in [5.41, 5.74) is 4.08. The first-order valence-electron chi connectivity index (χ1n) is 10.0. The quantitative estimate of drug-likeness (QED) is 0.303. The number of benzene rings is 3. The van der Waals surface area contributed by atoms with Gasteiger partial charge in [0.05, 0.1) is 24.8 Å². The van der Waals surface area contributed by atoms with E-state index in [-0.39, 0.29) is 12.4 Å². The van der Waals surface area contributed by atoms with E-state index in [9.17, 15) is 15.3 Å². The Morgan fingerprint density at radius 1 is 1.00 bits per heavy atom. The van der Waals surface area contributed by atoms with Gasteiger partial charge in [-0.05, 0) is 66.6 Å². The Kier molecular flexibility index (Phi) is 8.14. The lowest BCUT2D eigenvalue weighted by atomic mass is 10.1. The molecule has 3 aromatic rings. The van der Waals surface area contributed by atoms with Gasteiger partial charge in [0.2, 0.25) is 0 Å². The molecule has 3 aromatic carbocycles. The third kappa shape index (κ3) is 6.35. The maximum atomic E-state index is 10.3. The number of anilines is 2. The predicted molar refractivity (Wildman–Crippen MR) is 123 cm³/mol. The molecule has 0 aliphatic rings. The van der Waals surface area contributed by atoms with Gasteiger partial charge in [-0.1, -0.05) is 29.8 Å². The lowest BCUT2D eigenvalue weighted by molar-refractivity contribution is 0.174. The highest BCUT2D eigenvalue weighted by Crippen LogP contribution is 2.29. The molecule has 164 valence electrons. The van der Waals surface area contributed by atoms with Gasteiger partial charge in [0.25, 0.3) is 0 Å². The number of aromatic hydroxyl groups is 1. The van der Waals surface area contributed by atoms with Crippen LogP contribution in [0, 0.1) is 0 Å². The minimum Gasteiger partial charge on any atom is -0.508 e. The largest absolute Gasteiger partial charge is 0.508 e. The zero-order chi connectivity index (χ0) is 22.2. The molecule has 0 saturated carbocycles. The second kappa shape index (κ2) is 11.0. The molecular formula is C24H27ClN2O4. The van der Waals surface area contributed by atoms with Crippen LogP contribution in [0.4, 0.5) is 11.4 Å². The van der Waals surface area contributed by atoms with E-state index in [0.29, 0.717) is 35.0 Å². The highest BCUT2D eigenvalue weighted by molar-refractivity contribution is 6.32. The van der Waals surface area contributed by atoms with Gasteiger partial charge >= 0.3 is 0 Å². The molecule has 5 N–H and O–H groups in total. The van der Waals surface area contributed by atoms with Crippen molar-refractivity contribution in [2.24, 2.45) is 0 Å². The number of aliphatic hydroxyl groups excluding tert-OH is 2. The summed E-state index contributed by atoms with van der Waals surface area (Å²) < 4.78 is 5.17. The molecule has 31 heavy (non-hydrogen) atoms. The van der Waals surface area contributed by atoms with Gasteiger partial charge in [0, 0.05) is 23.5 Å². The van der Waals surface area contributed by atoms with Gasteiger partial charge < -0.3 is 30.7 Å². The van der Waals surface area contributed by atoms with Crippen molar-refractivity contribution < 1.29 is 20.1 Å². The molecule has 0 aliphatic heterocycles. The molecule has 0 fully saturated rings.